The second-order valence-corrected chi connectivity index (χ2v) is 6.94. The third kappa shape index (κ3) is 3.47. The summed E-state index contributed by atoms with van der Waals surface area (Å²) in [6.07, 6.45) is 4.49. The Morgan fingerprint density at radius 3 is 2.95 bits per heavy atom. The second-order valence-electron chi connectivity index (χ2n) is 6.16. The smallest absolute Gasteiger partial charge is 0.237 e. The van der Waals surface area contributed by atoms with E-state index in [-0.39, 0.29) is 18.0 Å². The summed E-state index contributed by atoms with van der Waals surface area (Å²) >= 11 is 1.68. The Balaban J connectivity index is 1.60. The van der Waals surface area contributed by atoms with Gasteiger partial charge in [-0.05, 0) is 74.6 Å². The van der Waals surface area contributed by atoms with Crippen LogP contribution in [-0.4, -0.2) is 42.5 Å². The molecule has 0 spiro atoms. The van der Waals surface area contributed by atoms with Gasteiger partial charge < -0.3 is 10.6 Å². The molecule has 2 unspecified atom stereocenters. The molecule has 2 N–H and O–H groups in total. The maximum atomic E-state index is 12.6. The number of rotatable bonds is 4. The molecule has 0 radical (unpaired) electrons. The van der Waals surface area contributed by atoms with E-state index in [4.69, 9.17) is 0 Å². The molecule has 1 amide bonds. The highest BCUT2D eigenvalue weighted by molar-refractivity contribution is 7.07. The van der Waals surface area contributed by atoms with Crippen LogP contribution in [0, 0.1) is 0 Å². The molecule has 1 aromatic rings. The first-order chi connectivity index (χ1) is 10.3. The SMILES string of the molecule is CC(NC(=O)C1CCCN1C1CCNCC1)c1ccsc1. The van der Waals surface area contributed by atoms with Crippen molar-refractivity contribution in [3.8, 4) is 0 Å². The molecule has 3 heterocycles. The van der Waals surface area contributed by atoms with Gasteiger partial charge in [0, 0.05) is 6.04 Å². The maximum Gasteiger partial charge on any atom is 0.237 e. The van der Waals surface area contributed by atoms with Crippen LogP contribution in [0.25, 0.3) is 0 Å². The summed E-state index contributed by atoms with van der Waals surface area (Å²) in [5.74, 6) is 0.213. The van der Waals surface area contributed by atoms with E-state index in [9.17, 15) is 4.79 Å². The number of piperidine rings is 1. The molecule has 0 saturated carbocycles. The maximum absolute atomic E-state index is 12.6. The van der Waals surface area contributed by atoms with Gasteiger partial charge in [0.25, 0.3) is 0 Å². The van der Waals surface area contributed by atoms with Crippen LogP contribution in [-0.2, 0) is 4.79 Å². The number of hydrogen-bond donors (Lipinski definition) is 2. The van der Waals surface area contributed by atoms with Gasteiger partial charge in [-0.3, -0.25) is 9.69 Å². The molecule has 2 aliphatic rings. The van der Waals surface area contributed by atoms with Crippen molar-refractivity contribution >= 4 is 17.2 Å². The summed E-state index contributed by atoms with van der Waals surface area (Å²) in [6, 6.07) is 2.86. The number of amides is 1. The largest absolute Gasteiger partial charge is 0.348 e. The third-order valence-corrected chi connectivity index (χ3v) is 5.48. The molecule has 0 aliphatic carbocycles. The minimum atomic E-state index is 0.0779. The number of thiophene rings is 1. The number of carbonyl (C=O) groups is 1. The van der Waals surface area contributed by atoms with Crippen LogP contribution in [0.5, 0.6) is 0 Å². The minimum Gasteiger partial charge on any atom is -0.348 e. The van der Waals surface area contributed by atoms with Crippen molar-refractivity contribution in [3.05, 3.63) is 22.4 Å². The molecule has 2 aliphatic heterocycles. The quantitative estimate of drug-likeness (QED) is 0.896. The number of nitrogens with zero attached hydrogens (tertiary/aromatic N) is 1. The molecular formula is C16H25N3OS. The van der Waals surface area contributed by atoms with E-state index >= 15 is 0 Å². The molecule has 2 atom stereocenters. The van der Waals surface area contributed by atoms with E-state index in [1.54, 1.807) is 11.3 Å². The van der Waals surface area contributed by atoms with Gasteiger partial charge in [0.1, 0.15) is 0 Å². The highest BCUT2D eigenvalue weighted by Crippen LogP contribution is 2.25. The van der Waals surface area contributed by atoms with Gasteiger partial charge in [0.05, 0.1) is 12.1 Å². The summed E-state index contributed by atoms with van der Waals surface area (Å²) < 4.78 is 0. The molecule has 21 heavy (non-hydrogen) atoms. The van der Waals surface area contributed by atoms with Crippen molar-refractivity contribution in [2.75, 3.05) is 19.6 Å². The Morgan fingerprint density at radius 2 is 2.24 bits per heavy atom. The van der Waals surface area contributed by atoms with Crippen LogP contribution >= 0.6 is 11.3 Å². The van der Waals surface area contributed by atoms with Crippen molar-refractivity contribution < 1.29 is 4.79 Å². The Labute approximate surface area is 130 Å². The normalized spacial score (nSPS) is 25.9. The topological polar surface area (TPSA) is 44.4 Å². The highest BCUT2D eigenvalue weighted by atomic mass is 32.1. The van der Waals surface area contributed by atoms with Gasteiger partial charge in [-0.2, -0.15) is 11.3 Å². The second kappa shape index (κ2) is 6.90. The van der Waals surface area contributed by atoms with Gasteiger partial charge in [0.2, 0.25) is 5.91 Å². The lowest BCUT2D eigenvalue weighted by molar-refractivity contribution is -0.127. The summed E-state index contributed by atoms with van der Waals surface area (Å²) in [5, 5.41) is 10.8. The van der Waals surface area contributed by atoms with E-state index in [0.717, 1.165) is 32.5 Å². The van der Waals surface area contributed by atoms with Gasteiger partial charge >= 0.3 is 0 Å². The first-order valence-corrected chi connectivity index (χ1v) is 8.99. The van der Waals surface area contributed by atoms with E-state index in [0.29, 0.717) is 6.04 Å². The van der Waals surface area contributed by atoms with Gasteiger partial charge in [-0.1, -0.05) is 0 Å². The van der Waals surface area contributed by atoms with Crippen LogP contribution in [0.3, 0.4) is 0 Å². The van der Waals surface area contributed by atoms with Crippen LogP contribution in [0.4, 0.5) is 0 Å². The minimum absolute atomic E-state index is 0.0779. The zero-order chi connectivity index (χ0) is 14.7. The standard InChI is InChI=1S/C16H25N3OS/c1-12(13-6-10-21-11-13)18-16(20)15-3-2-9-19(15)14-4-7-17-8-5-14/h6,10-12,14-15,17H,2-5,7-9H2,1H3,(H,18,20). The fourth-order valence-corrected chi connectivity index (χ4v) is 4.31. The lowest BCUT2D eigenvalue weighted by atomic mass is 10.0. The van der Waals surface area contributed by atoms with Crippen molar-refractivity contribution in [1.82, 2.24) is 15.5 Å². The number of hydrogen-bond acceptors (Lipinski definition) is 4. The molecule has 0 bridgehead atoms. The molecule has 1 aromatic heterocycles. The average molecular weight is 307 g/mol. The van der Waals surface area contributed by atoms with Crippen molar-refractivity contribution in [2.24, 2.45) is 0 Å². The Hall–Kier alpha value is -0.910. The van der Waals surface area contributed by atoms with E-state index < -0.39 is 0 Å². The van der Waals surface area contributed by atoms with E-state index in [1.165, 1.54) is 18.4 Å². The zero-order valence-corrected chi connectivity index (χ0v) is 13.5. The molecule has 0 aromatic carbocycles. The van der Waals surface area contributed by atoms with Gasteiger partial charge in [0.15, 0.2) is 0 Å². The third-order valence-electron chi connectivity index (χ3n) is 4.78. The Morgan fingerprint density at radius 1 is 1.43 bits per heavy atom. The lowest BCUT2D eigenvalue weighted by Gasteiger charge is -2.35. The molecular weight excluding hydrogens is 282 g/mol. The lowest BCUT2D eigenvalue weighted by Crippen LogP contribution is -2.51. The fraction of sp³-hybridized carbons (Fsp3) is 0.688. The molecule has 3 rings (SSSR count). The number of carbonyl (C=O) groups excluding carboxylic acids is 1. The summed E-state index contributed by atoms with van der Waals surface area (Å²) in [6.45, 7) is 5.32. The Kier molecular flexibility index (Phi) is 4.93. The van der Waals surface area contributed by atoms with E-state index in [1.807, 2.05) is 0 Å². The van der Waals surface area contributed by atoms with Crippen LogP contribution in [0.15, 0.2) is 16.8 Å². The molecule has 2 saturated heterocycles. The molecule has 2 fully saturated rings. The molecule has 116 valence electrons. The molecule has 5 heteroatoms. The summed E-state index contributed by atoms with van der Waals surface area (Å²) in [7, 11) is 0. The zero-order valence-electron chi connectivity index (χ0n) is 12.7. The summed E-state index contributed by atoms with van der Waals surface area (Å²) in [4.78, 5) is 15.1. The number of likely N-dealkylation sites (tertiary alicyclic amines) is 1. The number of nitrogens with one attached hydrogen (secondary N) is 2. The van der Waals surface area contributed by atoms with Crippen molar-refractivity contribution in [3.63, 3.8) is 0 Å². The van der Waals surface area contributed by atoms with Crippen molar-refractivity contribution in [1.29, 1.82) is 0 Å². The van der Waals surface area contributed by atoms with Gasteiger partial charge in [-0.25, -0.2) is 0 Å². The monoisotopic (exact) mass is 307 g/mol. The predicted molar refractivity (Wildman–Crippen MR) is 86.5 cm³/mol. The van der Waals surface area contributed by atoms with Crippen LogP contribution in [0.2, 0.25) is 0 Å². The van der Waals surface area contributed by atoms with E-state index in [2.05, 4.69) is 39.3 Å². The Bertz CT molecular complexity index is 456. The van der Waals surface area contributed by atoms with Crippen LogP contribution < -0.4 is 10.6 Å². The van der Waals surface area contributed by atoms with Gasteiger partial charge in [-0.15, -0.1) is 0 Å². The first kappa shape index (κ1) is 15.0. The average Bonchev–Trinajstić information content (AvgIpc) is 3.19. The fourth-order valence-electron chi connectivity index (χ4n) is 3.56. The highest BCUT2D eigenvalue weighted by Gasteiger charge is 2.36. The summed E-state index contributed by atoms with van der Waals surface area (Å²) in [5.41, 5.74) is 1.21. The predicted octanol–water partition coefficient (Wildman–Crippen LogP) is 2.14. The van der Waals surface area contributed by atoms with Crippen molar-refractivity contribution in [2.45, 2.75) is 50.7 Å². The molecule has 4 nitrogen and oxygen atoms in total. The first-order valence-electron chi connectivity index (χ1n) is 8.04. The van der Waals surface area contributed by atoms with Crippen LogP contribution in [0.1, 0.15) is 44.2 Å².